The number of hydrogen-bond acceptors (Lipinski definition) is 3. The summed E-state index contributed by atoms with van der Waals surface area (Å²) in [5.74, 6) is 1.67. The van der Waals surface area contributed by atoms with Crippen LogP contribution < -0.4 is 4.74 Å². The monoisotopic (exact) mass is 357 g/mol. The summed E-state index contributed by atoms with van der Waals surface area (Å²) in [6.07, 6.45) is 3.10. The van der Waals surface area contributed by atoms with Crippen molar-refractivity contribution in [2.45, 2.75) is 38.7 Å². The molecule has 1 aliphatic rings. The summed E-state index contributed by atoms with van der Waals surface area (Å²) in [5, 5.41) is 11.1. The molecular weight excluding hydrogens is 329 g/mol. The maximum atomic E-state index is 13.1. The highest BCUT2D eigenvalue weighted by Gasteiger charge is 2.28. The number of piperidine rings is 1. The molecule has 26 heavy (non-hydrogen) atoms. The van der Waals surface area contributed by atoms with Crippen LogP contribution >= 0.6 is 0 Å². The molecule has 0 saturated carbocycles. The van der Waals surface area contributed by atoms with Crippen molar-refractivity contribution in [3.63, 3.8) is 0 Å². The van der Waals surface area contributed by atoms with E-state index in [4.69, 9.17) is 4.74 Å². The van der Waals surface area contributed by atoms with Crippen LogP contribution in [0.2, 0.25) is 0 Å². The number of aliphatic hydroxyl groups is 1. The number of likely N-dealkylation sites (tertiary alicyclic amines) is 1. The molecule has 0 aliphatic carbocycles. The zero-order valence-corrected chi connectivity index (χ0v) is 15.6. The highest BCUT2D eigenvalue weighted by molar-refractivity contribution is 5.41. The van der Waals surface area contributed by atoms with Gasteiger partial charge in [0.2, 0.25) is 0 Å². The van der Waals surface area contributed by atoms with E-state index in [-0.39, 0.29) is 5.82 Å². The summed E-state index contributed by atoms with van der Waals surface area (Å²) < 4.78 is 19.0. The molecular formula is C22H28FNO2. The topological polar surface area (TPSA) is 32.7 Å². The SMILES string of the molecule is CC1CCN(CCC(C)(O)c2ccccc2Oc2ccc(F)cc2)CC1. The normalized spacial score (nSPS) is 18.5. The standard InChI is InChI=1S/C22H28FNO2/c1-17-11-14-24(15-12-17)16-13-22(2,25)20-5-3-4-6-21(20)26-19-9-7-18(23)8-10-19/h3-10,17,25H,11-16H2,1-2H3. The van der Waals surface area contributed by atoms with E-state index in [1.54, 1.807) is 12.1 Å². The lowest BCUT2D eigenvalue weighted by molar-refractivity contribution is 0.0302. The fourth-order valence-corrected chi connectivity index (χ4v) is 3.43. The van der Waals surface area contributed by atoms with Crippen molar-refractivity contribution in [2.24, 2.45) is 5.92 Å². The van der Waals surface area contributed by atoms with Crippen LogP contribution in [0.15, 0.2) is 48.5 Å². The summed E-state index contributed by atoms with van der Waals surface area (Å²) >= 11 is 0. The van der Waals surface area contributed by atoms with E-state index in [1.165, 1.54) is 25.0 Å². The molecule has 1 aliphatic heterocycles. The first-order valence-electron chi connectivity index (χ1n) is 9.42. The van der Waals surface area contributed by atoms with Crippen molar-refractivity contribution in [3.8, 4) is 11.5 Å². The van der Waals surface area contributed by atoms with E-state index in [2.05, 4.69) is 11.8 Å². The summed E-state index contributed by atoms with van der Waals surface area (Å²) in [5.41, 5.74) is -0.227. The van der Waals surface area contributed by atoms with Crippen LogP contribution in [0, 0.1) is 11.7 Å². The van der Waals surface area contributed by atoms with Gasteiger partial charge in [-0.15, -0.1) is 0 Å². The lowest BCUT2D eigenvalue weighted by Gasteiger charge is -2.33. The highest BCUT2D eigenvalue weighted by Crippen LogP contribution is 2.35. The van der Waals surface area contributed by atoms with E-state index in [9.17, 15) is 9.50 Å². The zero-order chi connectivity index (χ0) is 18.6. The number of rotatable bonds is 6. The van der Waals surface area contributed by atoms with Crippen molar-refractivity contribution in [3.05, 3.63) is 59.9 Å². The minimum atomic E-state index is -0.986. The predicted molar refractivity (Wildman–Crippen MR) is 102 cm³/mol. The molecule has 0 aromatic heterocycles. The molecule has 140 valence electrons. The Balaban J connectivity index is 1.69. The lowest BCUT2D eigenvalue weighted by Crippen LogP contribution is -2.36. The summed E-state index contributed by atoms with van der Waals surface area (Å²) in [4.78, 5) is 2.43. The minimum Gasteiger partial charge on any atom is -0.457 e. The van der Waals surface area contributed by atoms with Crippen LogP contribution in [0.5, 0.6) is 11.5 Å². The van der Waals surface area contributed by atoms with E-state index < -0.39 is 5.60 Å². The molecule has 3 rings (SSSR count). The van der Waals surface area contributed by atoms with E-state index >= 15 is 0 Å². The third kappa shape index (κ3) is 4.83. The molecule has 1 saturated heterocycles. The first-order chi connectivity index (χ1) is 12.4. The van der Waals surface area contributed by atoms with Crippen LogP contribution in [0.4, 0.5) is 4.39 Å². The van der Waals surface area contributed by atoms with Gasteiger partial charge in [-0.3, -0.25) is 0 Å². The summed E-state index contributed by atoms with van der Waals surface area (Å²) in [6.45, 7) is 7.21. The Bertz CT molecular complexity index is 706. The minimum absolute atomic E-state index is 0.298. The van der Waals surface area contributed by atoms with Crippen LogP contribution in [0.3, 0.4) is 0 Å². The van der Waals surface area contributed by atoms with Gasteiger partial charge in [-0.2, -0.15) is 0 Å². The Morgan fingerprint density at radius 2 is 1.77 bits per heavy atom. The zero-order valence-electron chi connectivity index (χ0n) is 15.6. The fourth-order valence-electron chi connectivity index (χ4n) is 3.43. The van der Waals surface area contributed by atoms with Crippen molar-refractivity contribution in [1.29, 1.82) is 0 Å². The Labute approximate surface area is 155 Å². The molecule has 0 spiro atoms. The van der Waals surface area contributed by atoms with Crippen LogP contribution in [-0.2, 0) is 5.60 Å². The number of nitrogens with zero attached hydrogens (tertiary/aromatic N) is 1. The third-order valence-corrected chi connectivity index (χ3v) is 5.30. The lowest BCUT2D eigenvalue weighted by atomic mass is 9.90. The maximum absolute atomic E-state index is 13.1. The number of para-hydroxylation sites is 1. The average Bonchev–Trinajstić information content (AvgIpc) is 2.64. The third-order valence-electron chi connectivity index (χ3n) is 5.30. The average molecular weight is 357 g/mol. The van der Waals surface area contributed by atoms with Gasteiger partial charge in [-0.05, 0) is 75.5 Å². The van der Waals surface area contributed by atoms with Gasteiger partial charge >= 0.3 is 0 Å². The molecule has 1 atom stereocenters. The van der Waals surface area contributed by atoms with Gasteiger partial charge in [-0.1, -0.05) is 25.1 Å². The summed E-state index contributed by atoms with van der Waals surface area (Å²) in [7, 11) is 0. The number of halogens is 1. The van der Waals surface area contributed by atoms with Gasteiger partial charge in [0.15, 0.2) is 0 Å². The van der Waals surface area contributed by atoms with E-state index in [0.717, 1.165) is 31.1 Å². The fraction of sp³-hybridized carbons (Fsp3) is 0.455. The van der Waals surface area contributed by atoms with Gasteiger partial charge in [0, 0.05) is 12.1 Å². The van der Waals surface area contributed by atoms with Gasteiger partial charge in [0.05, 0.1) is 5.60 Å². The smallest absolute Gasteiger partial charge is 0.133 e. The Morgan fingerprint density at radius 1 is 1.12 bits per heavy atom. The van der Waals surface area contributed by atoms with Crippen molar-refractivity contribution in [1.82, 2.24) is 4.90 Å². The number of hydrogen-bond donors (Lipinski definition) is 1. The second-order valence-corrected chi connectivity index (χ2v) is 7.60. The second-order valence-electron chi connectivity index (χ2n) is 7.60. The molecule has 1 N–H and O–H groups in total. The molecule has 4 heteroatoms. The van der Waals surface area contributed by atoms with Crippen molar-refractivity contribution >= 4 is 0 Å². The molecule has 2 aromatic carbocycles. The Kier molecular flexibility index (Phi) is 5.94. The molecule has 3 nitrogen and oxygen atoms in total. The largest absolute Gasteiger partial charge is 0.457 e. The Hall–Kier alpha value is -1.91. The molecule has 0 bridgehead atoms. The van der Waals surface area contributed by atoms with E-state index in [0.29, 0.717) is 17.9 Å². The van der Waals surface area contributed by atoms with Crippen molar-refractivity contribution in [2.75, 3.05) is 19.6 Å². The first kappa shape index (κ1) is 18.9. The number of benzene rings is 2. The predicted octanol–water partition coefficient (Wildman–Crippen LogP) is 4.95. The first-order valence-corrected chi connectivity index (χ1v) is 9.42. The summed E-state index contributed by atoms with van der Waals surface area (Å²) in [6, 6.07) is 13.5. The van der Waals surface area contributed by atoms with Gasteiger partial charge in [0.25, 0.3) is 0 Å². The second kappa shape index (κ2) is 8.19. The molecule has 0 amide bonds. The number of ether oxygens (including phenoxy) is 1. The molecule has 1 unspecified atom stereocenters. The maximum Gasteiger partial charge on any atom is 0.133 e. The Morgan fingerprint density at radius 3 is 2.46 bits per heavy atom. The van der Waals surface area contributed by atoms with Crippen LogP contribution in [-0.4, -0.2) is 29.6 Å². The molecule has 1 heterocycles. The van der Waals surface area contributed by atoms with Gasteiger partial charge < -0.3 is 14.7 Å². The van der Waals surface area contributed by atoms with Gasteiger partial charge in [0.1, 0.15) is 17.3 Å². The van der Waals surface area contributed by atoms with Gasteiger partial charge in [-0.25, -0.2) is 4.39 Å². The molecule has 2 aromatic rings. The van der Waals surface area contributed by atoms with Crippen molar-refractivity contribution < 1.29 is 14.2 Å². The quantitative estimate of drug-likeness (QED) is 0.794. The van der Waals surface area contributed by atoms with Crippen LogP contribution in [0.25, 0.3) is 0 Å². The molecule has 0 radical (unpaired) electrons. The molecule has 1 fully saturated rings. The van der Waals surface area contributed by atoms with Crippen LogP contribution in [0.1, 0.15) is 38.7 Å². The van der Waals surface area contributed by atoms with E-state index in [1.807, 2.05) is 31.2 Å². The highest BCUT2D eigenvalue weighted by atomic mass is 19.1.